The first-order valence-corrected chi connectivity index (χ1v) is 6.12. The Hall–Kier alpha value is -1.70. The van der Waals surface area contributed by atoms with E-state index in [1.54, 1.807) is 18.9 Å². The molecule has 1 saturated heterocycles. The van der Waals surface area contributed by atoms with E-state index < -0.39 is 6.04 Å². The van der Waals surface area contributed by atoms with Crippen molar-refractivity contribution in [1.29, 1.82) is 0 Å². The van der Waals surface area contributed by atoms with E-state index in [-0.39, 0.29) is 18.4 Å². The number of hydrogen-bond acceptors (Lipinski definition) is 6. The largest absolute Gasteiger partial charge is 0.372 e. The predicted octanol–water partition coefficient (Wildman–Crippen LogP) is 0.132. The molecule has 2 heterocycles. The fraction of sp³-hybridized carbons (Fsp3) is 0.400. The summed E-state index contributed by atoms with van der Waals surface area (Å²) >= 11 is 3.37. The summed E-state index contributed by atoms with van der Waals surface area (Å²) in [5, 5.41) is 5.18. The number of nitrogens with one attached hydrogen (secondary N) is 2. The maximum Gasteiger partial charge on any atom is 0.249 e. The Bertz CT molecular complexity index is 507. The van der Waals surface area contributed by atoms with Gasteiger partial charge in [-0.2, -0.15) is 0 Å². The van der Waals surface area contributed by atoms with Gasteiger partial charge in [0.25, 0.3) is 0 Å². The van der Waals surface area contributed by atoms with Crippen LogP contribution in [0.5, 0.6) is 0 Å². The van der Waals surface area contributed by atoms with Gasteiger partial charge in [0.1, 0.15) is 28.5 Å². The highest BCUT2D eigenvalue weighted by Gasteiger charge is 2.32. The SMILES string of the molecule is CNc1ncnc(N2CC(=O)NC(=O)C2C)c1Br. The molecule has 1 aliphatic heterocycles. The van der Waals surface area contributed by atoms with Gasteiger partial charge < -0.3 is 10.2 Å². The van der Waals surface area contributed by atoms with Gasteiger partial charge in [0.15, 0.2) is 0 Å². The third-order valence-electron chi connectivity index (χ3n) is 2.70. The molecule has 96 valence electrons. The zero-order valence-electron chi connectivity index (χ0n) is 9.90. The molecule has 8 heteroatoms. The lowest BCUT2D eigenvalue weighted by molar-refractivity contribution is -0.132. The zero-order valence-corrected chi connectivity index (χ0v) is 11.5. The number of carbonyl (C=O) groups is 2. The first-order valence-electron chi connectivity index (χ1n) is 5.33. The van der Waals surface area contributed by atoms with Crippen LogP contribution in [0.25, 0.3) is 0 Å². The molecule has 0 bridgehead atoms. The van der Waals surface area contributed by atoms with Gasteiger partial charge in [-0.05, 0) is 22.9 Å². The molecule has 7 nitrogen and oxygen atoms in total. The van der Waals surface area contributed by atoms with E-state index >= 15 is 0 Å². The van der Waals surface area contributed by atoms with Gasteiger partial charge in [-0.15, -0.1) is 0 Å². The Morgan fingerprint density at radius 1 is 1.50 bits per heavy atom. The minimum absolute atomic E-state index is 0.0890. The van der Waals surface area contributed by atoms with Crippen molar-refractivity contribution in [2.45, 2.75) is 13.0 Å². The number of imide groups is 1. The average Bonchev–Trinajstić information content (AvgIpc) is 2.34. The predicted molar refractivity (Wildman–Crippen MR) is 69.2 cm³/mol. The van der Waals surface area contributed by atoms with Crippen LogP contribution in [0, 0.1) is 0 Å². The quantitative estimate of drug-likeness (QED) is 0.755. The molecule has 2 N–H and O–H groups in total. The number of piperazine rings is 1. The fourth-order valence-corrected chi connectivity index (χ4v) is 2.34. The van der Waals surface area contributed by atoms with Gasteiger partial charge in [0.05, 0.1) is 6.54 Å². The molecule has 0 aliphatic carbocycles. The van der Waals surface area contributed by atoms with Crippen molar-refractivity contribution < 1.29 is 9.59 Å². The number of hydrogen-bond donors (Lipinski definition) is 2. The van der Waals surface area contributed by atoms with Crippen LogP contribution in [0.15, 0.2) is 10.8 Å². The molecule has 1 aliphatic rings. The lowest BCUT2D eigenvalue weighted by Gasteiger charge is -2.33. The van der Waals surface area contributed by atoms with Gasteiger partial charge in [0, 0.05) is 7.05 Å². The van der Waals surface area contributed by atoms with E-state index in [1.807, 2.05) is 0 Å². The molecule has 0 spiro atoms. The summed E-state index contributed by atoms with van der Waals surface area (Å²) in [6.07, 6.45) is 1.38. The molecular formula is C10H12BrN5O2. The van der Waals surface area contributed by atoms with Gasteiger partial charge in [-0.1, -0.05) is 0 Å². The third kappa shape index (κ3) is 2.15. The molecule has 18 heavy (non-hydrogen) atoms. The maximum absolute atomic E-state index is 11.6. The van der Waals surface area contributed by atoms with E-state index in [4.69, 9.17) is 0 Å². The second-order valence-electron chi connectivity index (χ2n) is 3.83. The molecule has 0 aromatic carbocycles. The van der Waals surface area contributed by atoms with Crippen LogP contribution in [-0.4, -0.2) is 41.4 Å². The van der Waals surface area contributed by atoms with Crippen LogP contribution in [-0.2, 0) is 9.59 Å². The monoisotopic (exact) mass is 313 g/mol. The van der Waals surface area contributed by atoms with Gasteiger partial charge >= 0.3 is 0 Å². The van der Waals surface area contributed by atoms with Crippen molar-refractivity contribution in [3.05, 3.63) is 10.8 Å². The van der Waals surface area contributed by atoms with Crippen LogP contribution in [0.4, 0.5) is 11.6 Å². The van der Waals surface area contributed by atoms with Gasteiger partial charge in [-0.3, -0.25) is 14.9 Å². The third-order valence-corrected chi connectivity index (χ3v) is 3.43. The summed E-state index contributed by atoms with van der Waals surface area (Å²) in [4.78, 5) is 32.8. The van der Waals surface area contributed by atoms with Gasteiger partial charge in [0.2, 0.25) is 11.8 Å². The summed E-state index contributed by atoms with van der Waals surface area (Å²) in [5.74, 6) is 0.452. The van der Waals surface area contributed by atoms with Crippen molar-refractivity contribution in [2.24, 2.45) is 0 Å². The van der Waals surface area contributed by atoms with Crippen molar-refractivity contribution in [2.75, 3.05) is 23.8 Å². The van der Waals surface area contributed by atoms with Crippen LogP contribution < -0.4 is 15.5 Å². The maximum atomic E-state index is 11.6. The highest BCUT2D eigenvalue weighted by atomic mass is 79.9. The first kappa shape index (κ1) is 12.7. The van der Waals surface area contributed by atoms with E-state index in [9.17, 15) is 9.59 Å². The smallest absolute Gasteiger partial charge is 0.249 e. The second kappa shape index (κ2) is 4.89. The summed E-state index contributed by atoms with van der Waals surface area (Å²) in [6, 6.07) is -0.460. The summed E-state index contributed by atoms with van der Waals surface area (Å²) < 4.78 is 0.627. The second-order valence-corrected chi connectivity index (χ2v) is 4.62. The van der Waals surface area contributed by atoms with Crippen molar-refractivity contribution in [1.82, 2.24) is 15.3 Å². The summed E-state index contributed by atoms with van der Waals surface area (Å²) in [5.41, 5.74) is 0. The molecule has 0 saturated carbocycles. The Balaban J connectivity index is 2.41. The van der Waals surface area contributed by atoms with E-state index in [0.29, 0.717) is 16.1 Å². The Morgan fingerprint density at radius 3 is 2.89 bits per heavy atom. The minimum Gasteiger partial charge on any atom is -0.372 e. The van der Waals surface area contributed by atoms with Crippen LogP contribution >= 0.6 is 15.9 Å². The number of anilines is 2. The van der Waals surface area contributed by atoms with Gasteiger partial charge in [-0.25, -0.2) is 9.97 Å². The first-order chi connectivity index (χ1) is 8.54. The number of nitrogens with zero attached hydrogens (tertiary/aromatic N) is 3. The Kier molecular flexibility index (Phi) is 3.46. The topological polar surface area (TPSA) is 87.2 Å². The standard InChI is InChI=1S/C10H12BrN5O2/c1-5-10(18)15-6(17)3-16(5)9-7(11)8(12-2)13-4-14-9/h4-5H,3H2,1-2H3,(H,12,13,14)(H,15,17,18). The van der Waals surface area contributed by atoms with Crippen LogP contribution in [0.2, 0.25) is 0 Å². The number of rotatable bonds is 2. The fourth-order valence-electron chi connectivity index (χ4n) is 1.71. The van der Waals surface area contributed by atoms with Crippen LogP contribution in [0.3, 0.4) is 0 Å². The van der Waals surface area contributed by atoms with Crippen LogP contribution in [0.1, 0.15) is 6.92 Å². The number of carbonyl (C=O) groups excluding carboxylic acids is 2. The summed E-state index contributed by atoms with van der Waals surface area (Å²) in [6.45, 7) is 1.81. The minimum atomic E-state index is -0.460. The van der Waals surface area contributed by atoms with E-state index in [0.717, 1.165) is 0 Å². The number of halogens is 1. The zero-order chi connectivity index (χ0) is 13.3. The molecule has 0 radical (unpaired) electrons. The molecule has 1 unspecified atom stereocenters. The Morgan fingerprint density at radius 2 is 2.22 bits per heavy atom. The lowest BCUT2D eigenvalue weighted by atomic mass is 10.2. The highest BCUT2D eigenvalue weighted by Crippen LogP contribution is 2.30. The van der Waals surface area contributed by atoms with E-state index in [1.165, 1.54) is 6.33 Å². The summed E-state index contributed by atoms with van der Waals surface area (Å²) in [7, 11) is 1.73. The van der Waals surface area contributed by atoms with Crippen molar-refractivity contribution >= 4 is 39.4 Å². The molecule has 1 atom stereocenters. The molecule has 1 aromatic rings. The van der Waals surface area contributed by atoms with Crippen molar-refractivity contribution in [3.8, 4) is 0 Å². The molecular weight excluding hydrogens is 302 g/mol. The average molecular weight is 314 g/mol. The molecule has 2 amide bonds. The normalized spacial score (nSPS) is 19.7. The molecule has 1 aromatic heterocycles. The van der Waals surface area contributed by atoms with Crippen molar-refractivity contribution in [3.63, 3.8) is 0 Å². The highest BCUT2D eigenvalue weighted by molar-refractivity contribution is 9.10. The Labute approximate surface area is 112 Å². The molecule has 1 fully saturated rings. The number of amides is 2. The number of aromatic nitrogens is 2. The molecule has 2 rings (SSSR count). The lowest BCUT2D eigenvalue weighted by Crippen LogP contribution is -2.57. The van der Waals surface area contributed by atoms with E-state index in [2.05, 4.69) is 36.5 Å².